The van der Waals surface area contributed by atoms with Crippen LogP contribution in [0.1, 0.15) is 0 Å². The molecule has 3 aromatic heterocycles. The molecule has 10 heteroatoms. The highest BCUT2D eigenvalue weighted by Gasteiger charge is 2.35. The number of likely N-dealkylation sites (N-methyl/N-ethyl adjacent to an activating group) is 1. The van der Waals surface area contributed by atoms with Gasteiger partial charge in [-0.15, -0.1) is 10.2 Å². The van der Waals surface area contributed by atoms with Gasteiger partial charge in [0.05, 0.1) is 17.8 Å². The smallest absolute Gasteiger partial charge is 0.407 e. The predicted molar refractivity (Wildman–Crippen MR) is 79.5 cm³/mol. The number of aromatic hydroxyl groups is 1. The fraction of sp³-hybridized carbons (Fsp3) is 0.308. The monoisotopic (exact) mass is 315 g/mol. The summed E-state index contributed by atoms with van der Waals surface area (Å²) in [5.41, 5.74) is 1.61. The normalized spacial score (nSPS) is 15.1. The summed E-state index contributed by atoms with van der Waals surface area (Å²) in [6.45, 7) is 1.06. The fourth-order valence-electron chi connectivity index (χ4n) is 2.65. The first-order valence-electron chi connectivity index (χ1n) is 6.94. The molecule has 1 saturated heterocycles. The number of carbonyl (C=O) groups is 1. The largest absolute Gasteiger partial charge is 0.506 e. The van der Waals surface area contributed by atoms with Gasteiger partial charge in [0.15, 0.2) is 11.5 Å². The maximum atomic E-state index is 11.0. The Hall–Kier alpha value is -3.17. The van der Waals surface area contributed by atoms with Crippen molar-refractivity contribution in [3.63, 3.8) is 0 Å². The van der Waals surface area contributed by atoms with Crippen LogP contribution in [0.5, 0.6) is 5.75 Å². The number of anilines is 1. The summed E-state index contributed by atoms with van der Waals surface area (Å²) in [5.74, 6) is 0.636. The van der Waals surface area contributed by atoms with Gasteiger partial charge < -0.3 is 20.0 Å². The lowest BCUT2D eigenvalue weighted by Gasteiger charge is -2.43. The molecule has 0 atom stereocenters. The van der Waals surface area contributed by atoms with Gasteiger partial charge in [-0.1, -0.05) is 0 Å². The number of pyridine rings is 1. The molecule has 10 nitrogen and oxygen atoms in total. The molecule has 2 N–H and O–H groups in total. The fourth-order valence-corrected chi connectivity index (χ4v) is 2.65. The molecule has 0 radical (unpaired) electrons. The van der Waals surface area contributed by atoms with Crippen molar-refractivity contribution in [3.05, 3.63) is 18.6 Å². The highest BCUT2D eigenvalue weighted by atomic mass is 16.4. The van der Waals surface area contributed by atoms with Crippen LogP contribution in [-0.2, 0) is 0 Å². The number of aromatic nitrogens is 5. The van der Waals surface area contributed by atoms with Crippen LogP contribution in [0, 0.1) is 0 Å². The van der Waals surface area contributed by atoms with Crippen molar-refractivity contribution in [1.29, 1.82) is 0 Å². The third kappa shape index (κ3) is 1.99. The molecule has 1 aliphatic rings. The maximum Gasteiger partial charge on any atom is 0.407 e. The van der Waals surface area contributed by atoms with E-state index in [1.54, 1.807) is 17.5 Å². The molecule has 0 aromatic carbocycles. The number of nitrogens with zero attached hydrogens (tertiary/aromatic N) is 7. The molecule has 1 aliphatic heterocycles. The van der Waals surface area contributed by atoms with Gasteiger partial charge in [0.1, 0.15) is 12.1 Å². The highest BCUT2D eigenvalue weighted by Crippen LogP contribution is 2.28. The standard InChI is InChI=1S/C13H13N7O3/c1-18(13(22)23)7-4-19(5-7)11-12-17-15-6-20(12)9-2-8(21)3-14-10(9)16-11/h2-3,6-7,21H,4-5H2,1H3,(H,22,23). The number of hydrogen-bond donors (Lipinski definition) is 2. The molecule has 0 spiro atoms. The minimum Gasteiger partial charge on any atom is -0.506 e. The second-order valence-electron chi connectivity index (χ2n) is 5.45. The summed E-state index contributed by atoms with van der Waals surface area (Å²) in [5, 5.41) is 26.6. The van der Waals surface area contributed by atoms with Crippen LogP contribution in [0.3, 0.4) is 0 Å². The van der Waals surface area contributed by atoms with Crippen LogP contribution in [-0.4, -0.2) is 72.0 Å². The zero-order valence-corrected chi connectivity index (χ0v) is 12.2. The Morgan fingerprint density at radius 3 is 2.96 bits per heavy atom. The topological polar surface area (TPSA) is 120 Å². The van der Waals surface area contributed by atoms with Crippen molar-refractivity contribution < 1.29 is 15.0 Å². The van der Waals surface area contributed by atoms with Crippen molar-refractivity contribution in [2.24, 2.45) is 0 Å². The first kappa shape index (κ1) is 13.5. The molecular formula is C13H13N7O3. The van der Waals surface area contributed by atoms with E-state index in [1.807, 2.05) is 4.90 Å². The minimum absolute atomic E-state index is 0.0362. The van der Waals surface area contributed by atoms with E-state index in [-0.39, 0.29) is 11.8 Å². The van der Waals surface area contributed by atoms with Gasteiger partial charge in [-0.2, -0.15) is 0 Å². The zero-order chi connectivity index (χ0) is 16.1. The summed E-state index contributed by atoms with van der Waals surface area (Å²) in [6, 6.07) is 1.47. The molecule has 3 aromatic rings. The Morgan fingerprint density at radius 2 is 2.22 bits per heavy atom. The SMILES string of the molecule is CN(C(=O)O)C1CN(c2nc3ncc(O)cc3n3cnnc23)C1. The molecule has 4 heterocycles. The van der Waals surface area contributed by atoms with Crippen molar-refractivity contribution in [2.45, 2.75) is 6.04 Å². The molecular weight excluding hydrogens is 302 g/mol. The number of carboxylic acid groups (broad SMARTS) is 1. The van der Waals surface area contributed by atoms with Gasteiger partial charge in [0.2, 0.25) is 5.65 Å². The molecule has 1 fully saturated rings. The van der Waals surface area contributed by atoms with Crippen LogP contribution < -0.4 is 4.90 Å². The van der Waals surface area contributed by atoms with Gasteiger partial charge in [-0.05, 0) is 0 Å². The Bertz CT molecular complexity index is 918. The molecule has 0 bridgehead atoms. The molecule has 0 aliphatic carbocycles. The van der Waals surface area contributed by atoms with Gasteiger partial charge in [0.25, 0.3) is 0 Å². The lowest BCUT2D eigenvalue weighted by atomic mass is 10.1. The van der Waals surface area contributed by atoms with E-state index < -0.39 is 6.09 Å². The van der Waals surface area contributed by atoms with Crippen LogP contribution in [0.25, 0.3) is 16.8 Å². The van der Waals surface area contributed by atoms with E-state index in [1.165, 1.54) is 17.4 Å². The summed E-state index contributed by atoms with van der Waals surface area (Å²) in [7, 11) is 1.55. The number of amides is 1. The van der Waals surface area contributed by atoms with Gasteiger partial charge >= 0.3 is 6.09 Å². The molecule has 0 unspecified atom stereocenters. The minimum atomic E-state index is -0.953. The second-order valence-corrected chi connectivity index (χ2v) is 5.45. The molecule has 0 saturated carbocycles. The zero-order valence-electron chi connectivity index (χ0n) is 12.2. The third-order valence-corrected chi connectivity index (χ3v) is 4.06. The van der Waals surface area contributed by atoms with Crippen molar-refractivity contribution >= 4 is 28.7 Å². The number of fused-ring (bicyclic) bond motifs is 3. The van der Waals surface area contributed by atoms with Gasteiger partial charge in [-0.3, -0.25) is 4.40 Å². The number of rotatable bonds is 2. The van der Waals surface area contributed by atoms with Crippen LogP contribution in [0.4, 0.5) is 10.6 Å². The Kier molecular flexibility index (Phi) is 2.73. The van der Waals surface area contributed by atoms with Crippen molar-refractivity contribution in [1.82, 2.24) is 29.5 Å². The first-order valence-corrected chi connectivity index (χ1v) is 6.94. The molecule has 4 rings (SSSR count). The highest BCUT2D eigenvalue weighted by molar-refractivity contribution is 5.81. The summed E-state index contributed by atoms with van der Waals surface area (Å²) < 4.78 is 1.71. The Balaban J connectivity index is 1.75. The summed E-state index contributed by atoms with van der Waals surface area (Å²) >= 11 is 0. The second kappa shape index (κ2) is 4.66. The Morgan fingerprint density at radius 1 is 1.43 bits per heavy atom. The lowest BCUT2D eigenvalue weighted by Crippen LogP contribution is -2.60. The van der Waals surface area contributed by atoms with E-state index in [9.17, 15) is 9.90 Å². The van der Waals surface area contributed by atoms with E-state index in [0.717, 1.165) is 0 Å². The van der Waals surface area contributed by atoms with Crippen molar-refractivity contribution in [3.8, 4) is 5.75 Å². The quantitative estimate of drug-likeness (QED) is 0.687. The third-order valence-electron chi connectivity index (χ3n) is 4.06. The summed E-state index contributed by atoms with van der Waals surface area (Å²) in [4.78, 5) is 22.8. The number of hydrogen-bond acceptors (Lipinski definition) is 7. The molecule has 23 heavy (non-hydrogen) atoms. The maximum absolute atomic E-state index is 11.0. The summed E-state index contributed by atoms with van der Waals surface area (Å²) in [6.07, 6.45) is 1.91. The average Bonchev–Trinajstić information content (AvgIpc) is 2.95. The Labute approximate surface area is 129 Å². The van der Waals surface area contributed by atoms with E-state index in [0.29, 0.717) is 35.7 Å². The average molecular weight is 315 g/mol. The lowest BCUT2D eigenvalue weighted by molar-refractivity contribution is 0.130. The van der Waals surface area contributed by atoms with Gasteiger partial charge in [0, 0.05) is 26.2 Å². The predicted octanol–water partition coefficient (Wildman–Crippen LogP) is 0.176. The van der Waals surface area contributed by atoms with E-state index in [4.69, 9.17) is 5.11 Å². The van der Waals surface area contributed by atoms with Gasteiger partial charge in [-0.25, -0.2) is 14.8 Å². The molecule has 118 valence electrons. The van der Waals surface area contributed by atoms with Crippen LogP contribution in [0.15, 0.2) is 18.6 Å². The first-order chi connectivity index (χ1) is 11.0. The molecule has 1 amide bonds. The van der Waals surface area contributed by atoms with E-state index in [2.05, 4.69) is 20.2 Å². The van der Waals surface area contributed by atoms with Crippen molar-refractivity contribution in [2.75, 3.05) is 25.0 Å². The van der Waals surface area contributed by atoms with Crippen LogP contribution >= 0.6 is 0 Å². The van der Waals surface area contributed by atoms with E-state index >= 15 is 0 Å². The van der Waals surface area contributed by atoms with Crippen LogP contribution in [0.2, 0.25) is 0 Å².